The highest BCUT2D eigenvalue weighted by molar-refractivity contribution is 5.88. The molecular weight excluding hydrogens is 290 g/mol. The molecular formula is C15H17NO6. The number of amides is 1. The molecule has 1 aliphatic rings. The number of benzene rings is 1. The number of para-hydroxylation sites is 1. The zero-order chi connectivity index (χ0) is 15.6. The van der Waals surface area contributed by atoms with E-state index < -0.39 is 11.9 Å². The second-order valence-electron chi connectivity index (χ2n) is 4.29. The lowest BCUT2D eigenvalue weighted by Gasteiger charge is -2.14. The van der Waals surface area contributed by atoms with Gasteiger partial charge < -0.3 is 24.3 Å². The van der Waals surface area contributed by atoms with E-state index in [2.05, 4.69) is 5.32 Å². The highest BCUT2D eigenvalue weighted by Gasteiger charge is 2.17. The number of hydrogen-bond acceptors (Lipinski definition) is 6. The molecule has 7 heteroatoms. The quantitative estimate of drug-likeness (QED) is 0.587. The maximum Gasteiger partial charge on any atom is 0.377 e. The van der Waals surface area contributed by atoms with Crippen LogP contribution in [0.15, 0.2) is 42.4 Å². The molecule has 1 aromatic rings. The van der Waals surface area contributed by atoms with Gasteiger partial charge in [-0.3, -0.25) is 4.79 Å². The van der Waals surface area contributed by atoms with Crippen molar-refractivity contribution in [2.24, 2.45) is 0 Å². The molecule has 0 radical (unpaired) electrons. The summed E-state index contributed by atoms with van der Waals surface area (Å²) in [7, 11) is 0. The summed E-state index contributed by atoms with van der Waals surface area (Å²) in [6.07, 6.45) is 1.18. The topological polar surface area (TPSA) is 83.1 Å². The van der Waals surface area contributed by atoms with Crippen LogP contribution < -0.4 is 10.1 Å². The highest BCUT2D eigenvalue weighted by atomic mass is 16.6. The normalized spacial score (nSPS) is 13.2. The van der Waals surface area contributed by atoms with Crippen molar-refractivity contribution in [2.75, 3.05) is 33.0 Å². The lowest BCUT2D eigenvalue weighted by Crippen LogP contribution is -2.32. The van der Waals surface area contributed by atoms with Gasteiger partial charge in [0.25, 0.3) is 5.91 Å². The molecule has 0 aliphatic carbocycles. The lowest BCUT2D eigenvalue weighted by molar-refractivity contribution is -0.149. The molecule has 0 saturated heterocycles. The molecule has 1 aromatic carbocycles. The van der Waals surface area contributed by atoms with E-state index in [0.717, 1.165) is 5.75 Å². The van der Waals surface area contributed by atoms with Gasteiger partial charge in [0.15, 0.2) is 6.61 Å². The molecule has 0 spiro atoms. The summed E-state index contributed by atoms with van der Waals surface area (Å²) in [5.41, 5.74) is 0. The SMILES string of the molecule is O=C(COC(=O)C1=COCCO1)NCCOc1ccccc1. The maximum atomic E-state index is 11.5. The number of hydrogen-bond donors (Lipinski definition) is 1. The zero-order valence-corrected chi connectivity index (χ0v) is 11.9. The smallest absolute Gasteiger partial charge is 0.377 e. The van der Waals surface area contributed by atoms with Crippen LogP contribution in [0.25, 0.3) is 0 Å². The van der Waals surface area contributed by atoms with E-state index in [1.54, 1.807) is 0 Å². The van der Waals surface area contributed by atoms with Crippen LogP contribution >= 0.6 is 0 Å². The summed E-state index contributed by atoms with van der Waals surface area (Å²) in [6, 6.07) is 9.25. The molecule has 0 unspecified atom stereocenters. The second-order valence-corrected chi connectivity index (χ2v) is 4.29. The molecule has 0 bridgehead atoms. The van der Waals surface area contributed by atoms with Crippen LogP contribution in [-0.2, 0) is 23.8 Å². The van der Waals surface area contributed by atoms with Crippen LogP contribution in [0.1, 0.15) is 0 Å². The summed E-state index contributed by atoms with van der Waals surface area (Å²) in [5.74, 6) is -0.450. The Hall–Kier alpha value is -2.70. The van der Waals surface area contributed by atoms with Crippen LogP contribution in [-0.4, -0.2) is 44.8 Å². The van der Waals surface area contributed by atoms with Crippen LogP contribution in [0.4, 0.5) is 0 Å². The molecule has 1 heterocycles. The second kappa shape index (κ2) is 8.56. The fourth-order valence-corrected chi connectivity index (χ4v) is 1.60. The molecule has 1 N–H and O–H groups in total. The maximum absolute atomic E-state index is 11.5. The van der Waals surface area contributed by atoms with E-state index in [9.17, 15) is 9.59 Å². The van der Waals surface area contributed by atoms with E-state index in [0.29, 0.717) is 19.8 Å². The van der Waals surface area contributed by atoms with E-state index in [4.69, 9.17) is 18.9 Å². The Morgan fingerprint density at radius 1 is 1.18 bits per heavy atom. The summed E-state index contributed by atoms with van der Waals surface area (Å²) >= 11 is 0. The first-order chi connectivity index (χ1) is 10.8. The average Bonchev–Trinajstić information content (AvgIpc) is 2.58. The highest BCUT2D eigenvalue weighted by Crippen LogP contribution is 2.07. The van der Waals surface area contributed by atoms with Gasteiger partial charge in [0, 0.05) is 0 Å². The Bertz CT molecular complexity index is 528. The van der Waals surface area contributed by atoms with E-state index in [-0.39, 0.29) is 19.0 Å². The Kier molecular flexibility index (Phi) is 6.10. The van der Waals surface area contributed by atoms with Crippen molar-refractivity contribution in [3.05, 3.63) is 42.4 Å². The minimum Gasteiger partial charge on any atom is -0.493 e. The molecule has 0 aromatic heterocycles. The molecule has 0 saturated carbocycles. The van der Waals surface area contributed by atoms with Crippen molar-refractivity contribution in [2.45, 2.75) is 0 Å². The van der Waals surface area contributed by atoms with Crippen molar-refractivity contribution in [1.29, 1.82) is 0 Å². The average molecular weight is 307 g/mol. The van der Waals surface area contributed by atoms with Crippen LogP contribution in [0.5, 0.6) is 5.75 Å². The Balaban J connectivity index is 1.58. The number of esters is 1. The number of nitrogens with one attached hydrogen (secondary N) is 1. The Morgan fingerprint density at radius 3 is 2.73 bits per heavy atom. The first-order valence-electron chi connectivity index (χ1n) is 6.82. The lowest BCUT2D eigenvalue weighted by atomic mass is 10.3. The molecule has 118 valence electrons. The molecule has 0 atom stereocenters. The Morgan fingerprint density at radius 2 is 2.00 bits per heavy atom. The van der Waals surface area contributed by atoms with Gasteiger partial charge in [0.1, 0.15) is 31.8 Å². The summed E-state index contributed by atoms with van der Waals surface area (Å²) in [4.78, 5) is 23.0. The number of rotatable bonds is 7. The predicted octanol–water partition coefficient (Wildman–Crippen LogP) is 0.613. The third-order valence-electron chi connectivity index (χ3n) is 2.62. The summed E-state index contributed by atoms with van der Waals surface area (Å²) in [6.45, 7) is 0.924. The van der Waals surface area contributed by atoms with Gasteiger partial charge in [-0.15, -0.1) is 0 Å². The molecule has 22 heavy (non-hydrogen) atoms. The van der Waals surface area contributed by atoms with Gasteiger partial charge in [-0.05, 0) is 12.1 Å². The van der Waals surface area contributed by atoms with Crippen molar-refractivity contribution in [3.8, 4) is 5.75 Å². The van der Waals surface area contributed by atoms with Gasteiger partial charge in [-0.2, -0.15) is 0 Å². The van der Waals surface area contributed by atoms with E-state index in [1.165, 1.54) is 6.26 Å². The third kappa shape index (κ3) is 5.35. The first kappa shape index (κ1) is 15.7. The van der Waals surface area contributed by atoms with Gasteiger partial charge in [-0.1, -0.05) is 18.2 Å². The first-order valence-corrected chi connectivity index (χ1v) is 6.82. The molecule has 2 rings (SSSR count). The molecule has 7 nitrogen and oxygen atoms in total. The van der Waals surface area contributed by atoms with Crippen LogP contribution in [0.2, 0.25) is 0 Å². The monoisotopic (exact) mass is 307 g/mol. The van der Waals surface area contributed by atoms with Crippen LogP contribution in [0, 0.1) is 0 Å². The van der Waals surface area contributed by atoms with Crippen molar-refractivity contribution in [3.63, 3.8) is 0 Å². The largest absolute Gasteiger partial charge is 0.493 e. The van der Waals surface area contributed by atoms with Gasteiger partial charge >= 0.3 is 5.97 Å². The third-order valence-corrected chi connectivity index (χ3v) is 2.62. The van der Waals surface area contributed by atoms with E-state index in [1.807, 2.05) is 30.3 Å². The summed E-state index contributed by atoms with van der Waals surface area (Å²) in [5, 5.41) is 2.58. The number of carbonyl (C=O) groups excluding carboxylic acids is 2. The van der Waals surface area contributed by atoms with Gasteiger partial charge in [0.05, 0.1) is 6.54 Å². The molecule has 1 aliphatic heterocycles. The molecule has 1 amide bonds. The zero-order valence-electron chi connectivity index (χ0n) is 11.9. The number of carbonyl (C=O) groups is 2. The minimum absolute atomic E-state index is 0.0357. The van der Waals surface area contributed by atoms with Crippen molar-refractivity contribution >= 4 is 11.9 Å². The fraction of sp³-hybridized carbons (Fsp3) is 0.333. The van der Waals surface area contributed by atoms with Crippen LogP contribution in [0.3, 0.4) is 0 Å². The Labute approximate surface area is 127 Å². The molecule has 0 fully saturated rings. The van der Waals surface area contributed by atoms with Gasteiger partial charge in [0.2, 0.25) is 5.76 Å². The predicted molar refractivity (Wildman–Crippen MR) is 75.9 cm³/mol. The summed E-state index contributed by atoms with van der Waals surface area (Å²) < 4.78 is 20.2. The standard InChI is InChI=1S/C15H17NO6/c17-14(11-22-15(18)13-10-19-8-9-21-13)16-6-7-20-12-4-2-1-3-5-12/h1-5,10H,6-9,11H2,(H,16,17). The number of ether oxygens (including phenoxy) is 4. The van der Waals surface area contributed by atoms with Crippen molar-refractivity contribution < 1.29 is 28.5 Å². The van der Waals surface area contributed by atoms with Crippen molar-refractivity contribution in [1.82, 2.24) is 5.32 Å². The minimum atomic E-state index is -0.726. The van der Waals surface area contributed by atoms with E-state index >= 15 is 0 Å². The van der Waals surface area contributed by atoms with Gasteiger partial charge in [-0.25, -0.2) is 4.79 Å². The fourth-order valence-electron chi connectivity index (χ4n) is 1.60.